The topological polar surface area (TPSA) is 55.9 Å². The fraction of sp³-hybridized carbons (Fsp3) is 0.375. The average molecular weight is 529 g/mol. The minimum Gasteiger partial charge on any atom is -0.386 e. The van der Waals surface area contributed by atoms with Gasteiger partial charge in [-0.05, 0) is 62.8 Å². The zero-order valence-corrected chi connectivity index (χ0v) is 22.8. The van der Waals surface area contributed by atoms with Crippen LogP contribution in [0.3, 0.4) is 0 Å². The molecule has 1 N–H and O–H groups in total. The summed E-state index contributed by atoms with van der Waals surface area (Å²) in [5.41, 5.74) is 6.46. The molecule has 1 saturated carbocycles. The molecule has 3 heterocycles. The van der Waals surface area contributed by atoms with E-state index in [2.05, 4.69) is 27.8 Å². The number of nitrogens with zero attached hydrogens (tertiary/aromatic N) is 4. The van der Waals surface area contributed by atoms with Gasteiger partial charge in [0.1, 0.15) is 0 Å². The SMILES string of the molecule is Cc1ncn(C)c1-c1cnc2c3ccc(C(C)(C)O)cc3n(C(c3ccccc3)C3CCC(F)(F)CC3)c2c1. The molecule has 0 saturated heterocycles. The van der Waals surface area contributed by atoms with Crippen LogP contribution in [0.15, 0.2) is 67.1 Å². The summed E-state index contributed by atoms with van der Waals surface area (Å²) < 4.78 is 32.9. The van der Waals surface area contributed by atoms with E-state index in [0.717, 1.165) is 50.0 Å². The maximum atomic E-state index is 14.3. The second-order valence-electron chi connectivity index (χ2n) is 11.6. The highest BCUT2D eigenvalue weighted by Gasteiger charge is 2.39. The van der Waals surface area contributed by atoms with E-state index in [0.29, 0.717) is 12.8 Å². The van der Waals surface area contributed by atoms with Crippen molar-refractivity contribution in [3.63, 3.8) is 0 Å². The Kier molecular flexibility index (Phi) is 6.10. The molecule has 0 radical (unpaired) electrons. The number of benzene rings is 2. The first-order valence-electron chi connectivity index (χ1n) is 13.6. The highest BCUT2D eigenvalue weighted by atomic mass is 19.3. The third kappa shape index (κ3) is 4.52. The highest BCUT2D eigenvalue weighted by Crippen LogP contribution is 2.46. The molecular weight excluding hydrogens is 494 g/mol. The number of hydrogen-bond donors (Lipinski definition) is 1. The van der Waals surface area contributed by atoms with Crippen molar-refractivity contribution >= 4 is 21.9 Å². The van der Waals surface area contributed by atoms with Crippen molar-refractivity contribution in [2.45, 2.75) is 64.0 Å². The Balaban J connectivity index is 1.66. The van der Waals surface area contributed by atoms with Gasteiger partial charge in [-0.3, -0.25) is 4.98 Å². The summed E-state index contributed by atoms with van der Waals surface area (Å²) in [4.78, 5) is 9.44. The molecule has 1 fully saturated rings. The number of halogens is 2. The molecule has 0 amide bonds. The fourth-order valence-electron chi connectivity index (χ4n) is 6.34. The molecule has 1 unspecified atom stereocenters. The van der Waals surface area contributed by atoms with Gasteiger partial charge in [0, 0.05) is 37.0 Å². The maximum absolute atomic E-state index is 14.3. The van der Waals surface area contributed by atoms with Gasteiger partial charge in [0.2, 0.25) is 5.92 Å². The van der Waals surface area contributed by atoms with Crippen LogP contribution in [0.1, 0.15) is 62.4 Å². The van der Waals surface area contributed by atoms with E-state index < -0.39 is 11.5 Å². The summed E-state index contributed by atoms with van der Waals surface area (Å²) in [6.45, 7) is 5.54. The Labute approximate surface area is 227 Å². The van der Waals surface area contributed by atoms with E-state index >= 15 is 0 Å². The normalized spacial score (nSPS) is 17.2. The van der Waals surface area contributed by atoms with Crippen LogP contribution >= 0.6 is 0 Å². The molecular formula is C32H34F2N4O. The first-order chi connectivity index (χ1) is 18.5. The molecule has 1 atom stereocenters. The summed E-state index contributed by atoms with van der Waals surface area (Å²) in [6.07, 6.45) is 4.35. The molecule has 1 aliphatic rings. The quantitative estimate of drug-likeness (QED) is 0.256. The van der Waals surface area contributed by atoms with Gasteiger partial charge in [-0.15, -0.1) is 0 Å². The van der Waals surface area contributed by atoms with Crippen molar-refractivity contribution < 1.29 is 13.9 Å². The number of aryl methyl sites for hydroxylation is 2. The van der Waals surface area contributed by atoms with E-state index in [9.17, 15) is 13.9 Å². The van der Waals surface area contributed by atoms with Gasteiger partial charge in [-0.25, -0.2) is 13.8 Å². The number of aliphatic hydroxyl groups is 1. The van der Waals surface area contributed by atoms with Crippen molar-refractivity contribution in [3.05, 3.63) is 83.9 Å². The van der Waals surface area contributed by atoms with Gasteiger partial charge in [0.25, 0.3) is 0 Å². The van der Waals surface area contributed by atoms with Crippen molar-refractivity contribution in [3.8, 4) is 11.3 Å². The predicted molar refractivity (Wildman–Crippen MR) is 151 cm³/mol. The Hall–Kier alpha value is -3.58. The van der Waals surface area contributed by atoms with Gasteiger partial charge in [0.05, 0.1) is 45.9 Å². The molecule has 5 nitrogen and oxygen atoms in total. The smallest absolute Gasteiger partial charge is 0.248 e. The Morgan fingerprint density at radius 1 is 1.00 bits per heavy atom. The molecule has 0 aliphatic heterocycles. The van der Waals surface area contributed by atoms with Crippen molar-refractivity contribution in [2.24, 2.45) is 13.0 Å². The Morgan fingerprint density at radius 3 is 2.36 bits per heavy atom. The lowest BCUT2D eigenvalue weighted by atomic mass is 9.79. The molecule has 202 valence electrons. The molecule has 0 spiro atoms. The number of imidazole rings is 1. The van der Waals surface area contributed by atoms with Crippen molar-refractivity contribution in [2.75, 3.05) is 0 Å². The minimum atomic E-state index is -2.61. The Bertz CT molecular complexity index is 1630. The summed E-state index contributed by atoms with van der Waals surface area (Å²) in [7, 11) is 1.97. The van der Waals surface area contributed by atoms with Crippen LogP contribution in [0.2, 0.25) is 0 Å². The molecule has 39 heavy (non-hydrogen) atoms. The second-order valence-corrected chi connectivity index (χ2v) is 11.6. The lowest BCUT2D eigenvalue weighted by molar-refractivity contribution is -0.0493. The van der Waals surface area contributed by atoms with Gasteiger partial charge >= 0.3 is 0 Å². The number of hydrogen-bond acceptors (Lipinski definition) is 3. The first-order valence-corrected chi connectivity index (χ1v) is 13.6. The lowest BCUT2D eigenvalue weighted by Crippen LogP contribution is -2.30. The zero-order valence-electron chi connectivity index (χ0n) is 22.8. The number of fused-ring (bicyclic) bond motifs is 3. The van der Waals surface area contributed by atoms with Crippen LogP contribution in [-0.4, -0.2) is 30.1 Å². The molecule has 3 aromatic heterocycles. The van der Waals surface area contributed by atoms with E-state index in [4.69, 9.17) is 4.98 Å². The largest absolute Gasteiger partial charge is 0.386 e. The van der Waals surface area contributed by atoms with Crippen LogP contribution in [0.5, 0.6) is 0 Å². The second kappa shape index (κ2) is 9.26. The average Bonchev–Trinajstić information content (AvgIpc) is 3.40. The summed E-state index contributed by atoms with van der Waals surface area (Å²) in [5.74, 6) is -2.59. The van der Waals surface area contributed by atoms with E-state index in [1.54, 1.807) is 20.2 Å². The number of aromatic nitrogens is 4. The summed E-state index contributed by atoms with van der Waals surface area (Å²) >= 11 is 0. The van der Waals surface area contributed by atoms with Gasteiger partial charge in [0.15, 0.2) is 0 Å². The molecule has 6 rings (SSSR count). The molecule has 2 aromatic carbocycles. The van der Waals surface area contributed by atoms with E-state index in [-0.39, 0.29) is 24.8 Å². The molecule has 0 bridgehead atoms. The monoisotopic (exact) mass is 528 g/mol. The van der Waals surface area contributed by atoms with Crippen LogP contribution in [-0.2, 0) is 12.6 Å². The minimum absolute atomic E-state index is 0.0266. The van der Waals surface area contributed by atoms with Gasteiger partial charge < -0.3 is 14.2 Å². The van der Waals surface area contributed by atoms with Crippen molar-refractivity contribution in [1.82, 2.24) is 19.1 Å². The third-order valence-electron chi connectivity index (χ3n) is 8.37. The van der Waals surface area contributed by atoms with Crippen LogP contribution in [0, 0.1) is 12.8 Å². The first kappa shape index (κ1) is 25.7. The molecule has 7 heteroatoms. The maximum Gasteiger partial charge on any atom is 0.248 e. The number of pyridine rings is 1. The third-order valence-corrected chi connectivity index (χ3v) is 8.37. The lowest BCUT2D eigenvalue weighted by Gasteiger charge is -2.36. The molecule has 1 aliphatic carbocycles. The van der Waals surface area contributed by atoms with Gasteiger partial charge in [-0.2, -0.15) is 0 Å². The highest BCUT2D eigenvalue weighted by molar-refractivity contribution is 6.07. The summed E-state index contributed by atoms with van der Waals surface area (Å²) in [5, 5.41) is 11.9. The van der Waals surface area contributed by atoms with Crippen molar-refractivity contribution in [1.29, 1.82) is 0 Å². The fourth-order valence-corrected chi connectivity index (χ4v) is 6.34. The summed E-state index contributed by atoms with van der Waals surface area (Å²) in [6, 6.07) is 18.2. The molecule has 5 aromatic rings. The number of rotatable bonds is 5. The zero-order chi connectivity index (χ0) is 27.5. The van der Waals surface area contributed by atoms with E-state index in [1.165, 1.54) is 0 Å². The van der Waals surface area contributed by atoms with Crippen LogP contribution in [0.4, 0.5) is 8.78 Å². The van der Waals surface area contributed by atoms with E-state index in [1.807, 2.05) is 61.1 Å². The van der Waals surface area contributed by atoms with Crippen LogP contribution in [0.25, 0.3) is 33.2 Å². The predicted octanol–water partition coefficient (Wildman–Crippen LogP) is 7.54. The van der Waals surface area contributed by atoms with Crippen LogP contribution < -0.4 is 0 Å². The number of alkyl halides is 2. The Morgan fingerprint density at radius 2 is 1.72 bits per heavy atom. The van der Waals surface area contributed by atoms with Gasteiger partial charge in [-0.1, -0.05) is 42.5 Å². The standard InChI is InChI=1S/C32H34F2N4O/c1-20-29(37(4)19-36-20)23-16-27-28(35-18-23)25-11-10-24(31(2,3)39)17-26(25)38(27)30(21-8-6-5-7-9-21)22-12-14-32(33,34)15-13-22/h5-11,16-19,22,30,39H,12-15H2,1-4H3.